The molecule has 0 radical (unpaired) electrons. The Hall–Kier alpha value is -5.26. The molecule has 0 spiro atoms. The average Bonchev–Trinajstić information content (AvgIpc) is 3.38. The number of carboxylic acid groups (broad SMARTS) is 1. The van der Waals surface area contributed by atoms with Crippen molar-refractivity contribution in [1.29, 1.82) is 0 Å². The Balaban J connectivity index is 1.39. The lowest BCUT2D eigenvalue weighted by atomic mass is 10.2. The second-order valence-electron chi connectivity index (χ2n) is 8.38. The van der Waals surface area contributed by atoms with Crippen LogP contribution in [-0.2, 0) is 4.79 Å². The molecule has 5 N–H and O–H groups in total. The van der Waals surface area contributed by atoms with Crippen molar-refractivity contribution in [3.63, 3.8) is 0 Å². The minimum Gasteiger partial charge on any atom is -0.481 e. The van der Waals surface area contributed by atoms with Crippen LogP contribution in [0.1, 0.15) is 22.5 Å². The summed E-state index contributed by atoms with van der Waals surface area (Å²) in [4.78, 5) is 42.0. The van der Waals surface area contributed by atoms with Crippen LogP contribution in [0.2, 0.25) is 0 Å². The number of urea groups is 1. The summed E-state index contributed by atoms with van der Waals surface area (Å²) in [7, 11) is 0. The van der Waals surface area contributed by atoms with Gasteiger partial charge in [-0.05, 0) is 48.9 Å². The number of hydrogen-bond acceptors (Lipinski definition) is 5. The lowest BCUT2D eigenvalue weighted by molar-refractivity contribution is -0.136. The van der Waals surface area contributed by atoms with Gasteiger partial charge in [0.2, 0.25) is 0 Å². The molecule has 12 heteroatoms. The van der Waals surface area contributed by atoms with Crippen LogP contribution in [-0.4, -0.2) is 39.5 Å². The van der Waals surface area contributed by atoms with Gasteiger partial charge in [0.25, 0.3) is 5.91 Å². The zero-order valence-corrected chi connectivity index (χ0v) is 20.5. The zero-order chi connectivity index (χ0) is 27.9. The molecule has 0 bridgehead atoms. The van der Waals surface area contributed by atoms with Crippen molar-refractivity contribution in [2.75, 3.05) is 17.2 Å². The number of benzene rings is 2. The molecule has 4 aromatic rings. The number of hydrogen-bond donors (Lipinski definition) is 5. The molecule has 2 aromatic carbocycles. The van der Waals surface area contributed by atoms with Gasteiger partial charge >= 0.3 is 12.0 Å². The van der Waals surface area contributed by atoms with E-state index in [2.05, 4.69) is 25.9 Å². The van der Waals surface area contributed by atoms with E-state index in [1.54, 1.807) is 37.4 Å². The number of ether oxygens (including phenoxy) is 1. The van der Waals surface area contributed by atoms with Gasteiger partial charge in [0.15, 0.2) is 0 Å². The number of aliphatic carboxylic acids is 1. The lowest BCUT2D eigenvalue weighted by Crippen LogP contribution is -2.26. The van der Waals surface area contributed by atoms with E-state index < -0.39 is 29.5 Å². The molecular weight excluding hydrogens is 512 g/mol. The highest BCUT2D eigenvalue weighted by Crippen LogP contribution is 2.28. The van der Waals surface area contributed by atoms with Crippen molar-refractivity contribution < 1.29 is 33.0 Å². The number of rotatable bonds is 9. The third-order valence-corrected chi connectivity index (χ3v) is 5.37. The Bertz CT molecular complexity index is 1540. The van der Waals surface area contributed by atoms with Gasteiger partial charge in [0, 0.05) is 36.6 Å². The second-order valence-corrected chi connectivity index (χ2v) is 8.38. The Morgan fingerprint density at radius 2 is 1.72 bits per heavy atom. The predicted octanol–water partition coefficient (Wildman–Crippen LogP) is 5.30. The molecule has 0 aliphatic heterocycles. The van der Waals surface area contributed by atoms with Gasteiger partial charge in [0.1, 0.15) is 28.8 Å². The Labute approximate surface area is 221 Å². The first kappa shape index (κ1) is 26.8. The van der Waals surface area contributed by atoms with Crippen LogP contribution in [0.5, 0.6) is 11.5 Å². The topological polar surface area (TPSA) is 145 Å². The maximum absolute atomic E-state index is 14.7. The second kappa shape index (κ2) is 11.9. The van der Waals surface area contributed by atoms with E-state index in [1.165, 1.54) is 30.5 Å². The zero-order valence-electron chi connectivity index (χ0n) is 20.5. The summed E-state index contributed by atoms with van der Waals surface area (Å²) < 4.78 is 34.3. The Morgan fingerprint density at radius 1 is 0.949 bits per heavy atom. The Kier molecular flexibility index (Phi) is 8.15. The van der Waals surface area contributed by atoms with Crippen molar-refractivity contribution >= 4 is 29.3 Å². The SMILES string of the molecule is Cc1ccc(F)c(NC(=O)Nc2ccc(Oc3ccnc(-c4c[nH]c(C(=O)NCCC(=O)O)c4)c3)cc2F)c1. The molecule has 0 aliphatic rings. The van der Waals surface area contributed by atoms with E-state index in [4.69, 9.17) is 9.84 Å². The highest BCUT2D eigenvalue weighted by Gasteiger charge is 2.13. The van der Waals surface area contributed by atoms with E-state index in [0.717, 1.165) is 11.6 Å². The molecule has 0 saturated carbocycles. The number of nitrogens with zero attached hydrogens (tertiary/aromatic N) is 1. The van der Waals surface area contributed by atoms with Gasteiger partial charge in [-0.25, -0.2) is 13.6 Å². The third kappa shape index (κ3) is 7.16. The summed E-state index contributed by atoms with van der Waals surface area (Å²) in [5.74, 6) is -2.39. The standard InChI is InChI=1S/C27H23F2N5O5/c1-15-2-4-19(28)23(10-15)34-27(38)33-21-5-3-17(12-20(21)29)39-18-6-8-30-22(13-18)16-11-24(32-14-16)26(37)31-9-7-25(35)36/h2-6,8,10-14,32H,7,9H2,1H3,(H,31,37)(H,35,36)(H2,33,34,38). The van der Waals surface area contributed by atoms with Crippen molar-refractivity contribution in [2.45, 2.75) is 13.3 Å². The monoisotopic (exact) mass is 535 g/mol. The maximum atomic E-state index is 14.7. The van der Waals surface area contributed by atoms with Crippen LogP contribution in [0, 0.1) is 18.6 Å². The minimum absolute atomic E-state index is 0.00902. The van der Waals surface area contributed by atoms with E-state index in [0.29, 0.717) is 17.0 Å². The first-order valence-corrected chi connectivity index (χ1v) is 11.6. The number of amides is 3. The number of anilines is 2. The first-order valence-electron chi connectivity index (χ1n) is 11.6. The largest absolute Gasteiger partial charge is 0.481 e. The van der Waals surface area contributed by atoms with Gasteiger partial charge in [-0.15, -0.1) is 0 Å². The van der Waals surface area contributed by atoms with Crippen LogP contribution < -0.4 is 20.7 Å². The predicted molar refractivity (Wildman–Crippen MR) is 139 cm³/mol. The van der Waals surface area contributed by atoms with Gasteiger partial charge in [-0.3, -0.25) is 14.6 Å². The van der Waals surface area contributed by atoms with Gasteiger partial charge in [0.05, 0.1) is 23.5 Å². The molecular formula is C27H23F2N5O5. The number of carbonyl (C=O) groups is 3. The maximum Gasteiger partial charge on any atom is 0.323 e. The number of aryl methyl sites for hydroxylation is 1. The van der Waals surface area contributed by atoms with E-state index in [9.17, 15) is 23.2 Å². The molecule has 2 heterocycles. The van der Waals surface area contributed by atoms with Crippen molar-refractivity contribution in [1.82, 2.24) is 15.3 Å². The van der Waals surface area contributed by atoms with Gasteiger partial charge in [-0.1, -0.05) is 6.07 Å². The number of aromatic amines is 1. The molecule has 0 atom stereocenters. The molecule has 0 unspecified atom stereocenters. The van der Waals surface area contributed by atoms with Crippen LogP contribution in [0.4, 0.5) is 25.0 Å². The van der Waals surface area contributed by atoms with Crippen LogP contribution >= 0.6 is 0 Å². The molecule has 3 amide bonds. The third-order valence-electron chi connectivity index (χ3n) is 5.37. The van der Waals surface area contributed by atoms with Crippen molar-refractivity contribution in [3.8, 4) is 22.8 Å². The molecule has 0 saturated heterocycles. The molecule has 0 aliphatic carbocycles. The fourth-order valence-corrected chi connectivity index (χ4v) is 3.49. The van der Waals surface area contributed by atoms with Crippen molar-refractivity contribution in [2.24, 2.45) is 0 Å². The fraction of sp³-hybridized carbons (Fsp3) is 0.111. The van der Waals surface area contributed by atoms with Crippen molar-refractivity contribution in [3.05, 3.63) is 89.9 Å². The fourth-order valence-electron chi connectivity index (χ4n) is 3.49. The molecule has 4 rings (SSSR count). The summed E-state index contributed by atoms with van der Waals surface area (Å²) in [6.45, 7) is 1.74. The lowest BCUT2D eigenvalue weighted by Gasteiger charge is -2.11. The number of aromatic nitrogens is 2. The summed E-state index contributed by atoms with van der Waals surface area (Å²) in [5.41, 5.74) is 1.84. The number of H-pyrrole nitrogens is 1. The summed E-state index contributed by atoms with van der Waals surface area (Å²) in [5, 5.41) is 15.9. The van der Waals surface area contributed by atoms with Gasteiger partial charge < -0.3 is 30.8 Å². The normalized spacial score (nSPS) is 10.5. The number of nitrogens with one attached hydrogen (secondary N) is 4. The molecule has 39 heavy (non-hydrogen) atoms. The number of carboxylic acids is 1. The summed E-state index contributed by atoms with van der Waals surface area (Å²) in [6.07, 6.45) is 2.84. The van der Waals surface area contributed by atoms with Gasteiger partial charge in [-0.2, -0.15) is 0 Å². The highest BCUT2D eigenvalue weighted by atomic mass is 19.1. The molecule has 200 valence electrons. The van der Waals surface area contributed by atoms with Crippen LogP contribution in [0.15, 0.2) is 67.0 Å². The number of pyridine rings is 1. The molecule has 0 fully saturated rings. The molecule has 10 nitrogen and oxygen atoms in total. The smallest absolute Gasteiger partial charge is 0.323 e. The summed E-state index contributed by atoms with van der Waals surface area (Å²) in [6, 6.07) is 12.0. The highest BCUT2D eigenvalue weighted by molar-refractivity contribution is 6.00. The summed E-state index contributed by atoms with van der Waals surface area (Å²) >= 11 is 0. The number of halogens is 2. The number of carbonyl (C=O) groups excluding carboxylic acids is 2. The van der Waals surface area contributed by atoms with E-state index in [-0.39, 0.29) is 35.8 Å². The van der Waals surface area contributed by atoms with Crippen LogP contribution in [0.3, 0.4) is 0 Å². The quantitative estimate of drug-likeness (QED) is 0.197. The minimum atomic E-state index is -1.02. The molecule has 2 aromatic heterocycles. The Morgan fingerprint density at radius 3 is 2.49 bits per heavy atom. The first-order chi connectivity index (χ1) is 18.7. The van der Waals surface area contributed by atoms with Crippen LogP contribution in [0.25, 0.3) is 11.3 Å². The van der Waals surface area contributed by atoms with E-state index >= 15 is 0 Å². The average molecular weight is 536 g/mol. The van der Waals surface area contributed by atoms with E-state index in [1.807, 2.05) is 0 Å².